The number of aliphatic hydroxyl groups excluding tert-OH is 1. The number of aliphatic hydroxyl groups is 1. The lowest BCUT2D eigenvalue weighted by Crippen LogP contribution is -2.05. The van der Waals surface area contributed by atoms with Gasteiger partial charge in [-0.2, -0.15) is 0 Å². The maximum absolute atomic E-state index is 9.23. The van der Waals surface area contributed by atoms with E-state index in [0.29, 0.717) is 5.69 Å². The molecule has 0 aliphatic heterocycles. The van der Waals surface area contributed by atoms with Gasteiger partial charge in [-0.15, -0.1) is 0 Å². The molecule has 0 unspecified atom stereocenters. The summed E-state index contributed by atoms with van der Waals surface area (Å²) in [5.41, 5.74) is 9.61. The third kappa shape index (κ3) is 1.94. The van der Waals surface area contributed by atoms with Crippen molar-refractivity contribution < 1.29 is 5.11 Å². The predicted octanol–water partition coefficient (Wildman–Crippen LogP) is 2.01. The maximum atomic E-state index is 9.23. The van der Waals surface area contributed by atoms with Crippen LogP contribution in [-0.2, 0) is 6.61 Å². The minimum absolute atomic E-state index is 0.211. The van der Waals surface area contributed by atoms with Gasteiger partial charge < -0.3 is 15.8 Å². The van der Waals surface area contributed by atoms with E-state index in [4.69, 9.17) is 5.73 Å². The molecule has 3 aromatic rings. The number of H-pyrrole nitrogens is 1. The second-order valence-electron chi connectivity index (χ2n) is 4.43. The molecule has 0 bridgehead atoms. The quantitative estimate of drug-likeness (QED) is 0.652. The van der Waals surface area contributed by atoms with E-state index < -0.39 is 0 Å². The number of nitrogens with one attached hydrogen (secondary N) is 1. The van der Waals surface area contributed by atoms with Gasteiger partial charge in [0.05, 0.1) is 18.0 Å². The van der Waals surface area contributed by atoms with Crippen LogP contribution in [0, 0.1) is 6.92 Å². The van der Waals surface area contributed by atoms with Gasteiger partial charge in [0.2, 0.25) is 0 Å². The van der Waals surface area contributed by atoms with Gasteiger partial charge in [-0.3, -0.25) is 0 Å². The van der Waals surface area contributed by atoms with E-state index in [1.165, 1.54) is 0 Å². The van der Waals surface area contributed by atoms with E-state index in [0.717, 1.165) is 27.9 Å². The Hall–Kier alpha value is -2.40. The van der Waals surface area contributed by atoms with E-state index >= 15 is 0 Å². The smallest absolute Gasteiger partial charge is 0.147 e. The standard InChI is InChI=1S/C14H14N4O/c1-8-13(18-12(7-19)14(15)17-8)10-3-2-9-4-5-16-11(9)6-10/h2-6,16,19H,7H2,1H3,(H2,15,17). The van der Waals surface area contributed by atoms with Crippen molar-refractivity contribution in [1.82, 2.24) is 15.0 Å². The van der Waals surface area contributed by atoms with Crippen molar-refractivity contribution in [1.29, 1.82) is 0 Å². The maximum Gasteiger partial charge on any atom is 0.147 e. The number of nitrogen functional groups attached to an aromatic ring is 1. The highest BCUT2D eigenvalue weighted by molar-refractivity contribution is 5.84. The lowest BCUT2D eigenvalue weighted by atomic mass is 10.1. The Balaban J connectivity index is 2.19. The van der Waals surface area contributed by atoms with Crippen molar-refractivity contribution in [3.8, 4) is 11.3 Å². The van der Waals surface area contributed by atoms with Gasteiger partial charge in [-0.05, 0) is 24.4 Å². The molecule has 96 valence electrons. The zero-order valence-corrected chi connectivity index (χ0v) is 10.5. The number of hydrogen-bond acceptors (Lipinski definition) is 4. The van der Waals surface area contributed by atoms with Gasteiger partial charge in [0.25, 0.3) is 0 Å². The number of aromatic nitrogens is 3. The molecule has 1 aromatic carbocycles. The second kappa shape index (κ2) is 4.37. The minimum Gasteiger partial charge on any atom is -0.390 e. The van der Waals surface area contributed by atoms with Crippen LogP contribution in [0.4, 0.5) is 5.82 Å². The van der Waals surface area contributed by atoms with E-state index in [2.05, 4.69) is 15.0 Å². The van der Waals surface area contributed by atoms with Crippen LogP contribution in [-0.4, -0.2) is 20.1 Å². The lowest BCUT2D eigenvalue weighted by Gasteiger charge is -2.09. The monoisotopic (exact) mass is 254 g/mol. The Labute approximate surface area is 110 Å². The largest absolute Gasteiger partial charge is 0.390 e. The van der Waals surface area contributed by atoms with Gasteiger partial charge in [-0.25, -0.2) is 9.97 Å². The first-order chi connectivity index (χ1) is 9.19. The van der Waals surface area contributed by atoms with E-state index in [-0.39, 0.29) is 12.4 Å². The highest BCUT2D eigenvalue weighted by Gasteiger charge is 2.10. The Morgan fingerprint density at radius 1 is 1.26 bits per heavy atom. The topological polar surface area (TPSA) is 87.8 Å². The molecule has 0 spiro atoms. The fourth-order valence-electron chi connectivity index (χ4n) is 2.16. The predicted molar refractivity (Wildman–Crippen MR) is 74.4 cm³/mol. The number of anilines is 1. The molecule has 0 radical (unpaired) electrons. The minimum atomic E-state index is -0.211. The van der Waals surface area contributed by atoms with Crippen LogP contribution in [0.5, 0.6) is 0 Å². The number of rotatable bonds is 2. The summed E-state index contributed by atoms with van der Waals surface area (Å²) in [5, 5.41) is 10.4. The van der Waals surface area contributed by atoms with E-state index in [9.17, 15) is 5.11 Å². The first-order valence-electron chi connectivity index (χ1n) is 6.00. The third-order valence-corrected chi connectivity index (χ3v) is 3.15. The summed E-state index contributed by atoms with van der Waals surface area (Å²) in [6.45, 7) is 1.65. The Bertz CT molecular complexity index is 748. The van der Waals surface area contributed by atoms with Crippen molar-refractivity contribution in [2.75, 3.05) is 5.73 Å². The fourth-order valence-corrected chi connectivity index (χ4v) is 2.16. The third-order valence-electron chi connectivity index (χ3n) is 3.15. The van der Waals surface area contributed by atoms with Gasteiger partial charge >= 0.3 is 0 Å². The van der Waals surface area contributed by atoms with Gasteiger partial charge in [0.1, 0.15) is 11.5 Å². The molecule has 19 heavy (non-hydrogen) atoms. The summed E-state index contributed by atoms with van der Waals surface area (Å²) in [4.78, 5) is 11.8. The highest BCUT2D eigenvalue weighted by Crippen LogP contribution is 2.25. The molecule has 0 fully saturated rings. The van der Waals surface area contributed by atoms with Crippen molar-refractivity contribution >= 4 is 16.7 Å². The zero-order valence-electron chi connectivity index (χ0n) is 10.5. The van der Waals surface area contributed by atoms with E-state index in [1.54, 1.807) is 0 Å². The number of fused-ring (bicyclic) bond motifs is 1. The summed E-state index contributed by atoms with van der Waals surface area (Å²) in [6, 6.07) is 8.05. The van der Waals surface area contributed by atoms with Crippen molar-refractivity contribution in [3.05, 3.63) is 41.9 Å². The molecule has 3 rings (SSSR count). The molecular formula is C14H14N4O. The normalized spacial score (nSPS) is 11.1. The van der Waals surface area contributed by atoms with Crippen LogP contribution in [0.15, 0.2) is 30.5 Å². The van der Waals surface area contributed by atoms with Gasteiger partial charge in [-0.1, -0.05) is 12.1 Å². The van der Waals surface area contributed by atoms with Crippen LogP contribution >= 0.6 is 0 Å². The summed E-state index contributed by atoms with van der Waals surface area (Å²) < 4.78 is 0. The molecule has 0 aliphatic carbocycles. The summed E-state index contributed by atoms with van der Waals surface area (Å²) in [7, 11) is 0. The molecule has 0 saturated heterocycles. The number of benzene rings is 1. The van der Waals surface area contributed by atoms with Crippen molar-refractivity contribution in [2.45, 2.75) is 13.5 Å². The number of aromatic amines is 1. The van der Waals surface area contributed by atoms with E-state index in [1.807, 2.05) is 37.4 Å². The summed E-state index contributed by atoms with van der Waals surface area (Å²) >= 11 is 0. The summed E-state index contributed by atoms with van der Waals surface area (Å²) in [6.07, 6.45) is 1.90. The molecule has 5 nitrogen and oxygen atoms in total. The number of nitrogens with zero attached hydrogens (tertiary/aromatic N) is 2. The van der Waals surface area contributed by atoms with Crippen LogP contribution in [0.3, 0.4) is 0 Å². The van der Waals surface area contributed by atoms with Gasteiger partial charge in [0.15, 0.2) is 0 Å². The first-order valence-corrected chi connectivity index (χ1v) is 6.00. The molecule has 0 aliphatic rings. The highest BCUT2D eigenvalue weighted by atomic mass is 16.3. The number of hydrogen-bond donors (Lipinski definition) is 3. The molecule has 0 atom stereocenters. The Kier molecular flexibility index (Phi) is 2.68. The SMILES string of the molecule is Cc1nc(N)c(CO)nc1-c1ccc2cc[nH]c2c1. The van der Waals surface area contributed by atoms with Crippen LogP contribution in [0.2, 0.25) is 0 Å². The molecule has 5 heteroatoms. The van der Waals surface area contributed by atoms with Crippen molar-refractivity contribution in [3.63, 3.8) is 0 Å². The first kappa shape index (κ1) is 11.7. The number of aryl methyl sites for hydroxylation is 1. The Morgan fingerprint density at radius 3 is 2.89 bits per heavy atom. The van der Waals surface area contributed by atoms with Crippen LogP contribution < -0.4 is 5.73 Å². The molecule has 4 N–H and O–H groups in total. The summed E-state index contributed by atoms with van der Waals surface area (Å²) in [5.74, 6) is 0.282. The number of nitrogens with two attached hydrogens (primary N) is 1. The Morgan fingerprint density at radius 2 is 2.11 bits per heavy atom. The molecule has 0 amide bonds. The average molecular weight is 254 g/mol. The zero-order chi connectivity index (χ0) is 13.4. The molecule has 2 aromatic heterocycles. The van der Waals surface area contributed by atoms with Crippen LogP contribution in [0.1, 0.15) is 11.4 Å². The molecular weight excluding hydrogens is 240 g/mol. The van der Waals surface area contributed by atoms with Crippen molar-refractivity contribution in [2.24, 2.45) is 0 Å². The molecule has 0 saturated carbocycles. The second-order valence-corrected chi connectivity index (χ2v) is 4.43. The molecule has 2 heterocycles. The fraction of sp³-hybridized carbons (Fsp3) is 0.143. The average Bonchev–Trinajstić information content (AvgIpc) is 2.86. The lowest BCUT2D eigenvalue weighted by molar-refractivity contribution is 0.277. The van der Waals surface area contributed by atoms with Gasteiger partial charge in [0, 0.05) is 17.3 Å². The van der Waals surface area contributed by atoms with Crippen LogP contribution in [0.25, 0.3) is 22.2 Å².